The summed E-state index contributed by atoms with van der Waals surface area (Å²) in [6.45, 7) is 7.91. The molecule has 6 heteroatoms. The van der Waals surface area contributed by atoms with Gasteiger partial charge in [-0.15, -0.1) is 0 Å². The van der Waals surface area contributed by atoms with Gasteiger partial charge in [0, 0.05) is 12.7 Å². The number of hydrogen-bond acceptors (Lipinski definition) is 3. The Labute approximate surface area is 184 Å². The van der Waals surface area contributed by atoms with Crippen LogP contribution in [0.15, 0.2) is 65.6 Å². The van der Waals surface area contributed by atoms with E-state index in [0.717, 1.165) is 33.5 Å². The van der Waals surface area contributed by atoms with Gasteiger partial charge in [0.15, 0.2) is 0 Å². The molecule has 162 valence electrons. The second kappa shape index (κ2) is 8.94. The number of carbonyl (C=O) groups excluding carboxylic acids is 1. The van der Waals surface area contributed by atoms with Crippen LogP contribution in [0, 0.1) is 27.7 Å². The van der Waals surface area contributed by atoms with E-state index in [-0.39, 0.29) is 17.2 Å². The minimum absolute atomic E-state index is 0.108. The van der Waals surface area contributed by atoms with Crippen LogP contribution in [0.2, 0.25) is 0 Å². The van der Waals surface area contributed by atoms with E-state index < -0.39 is 10.0 Å². The Balaban J connectivity index is 1.71. The van der Waals surface area contributed by atoms with Crippen molar-refractivity contribution in [3.63, 3.8) is 0 Å². The monoisotopic (exact) mass is 436 g/mol. The van der Waals surface area contributed by atoms with Crippen molar-refractivity contribution >= 4 is 27.3 Å². The number of rotatable bonds is 6. The van der Waals surface area contributed by atoms with E-state index in [0.29, 0.717) is 5.69 Å². The van der Waals surface area contributed by atoms with Crippen molar-refractivity contribution in [2.24, 2.45) is 0 Å². The zero-order chi connectivity index (χ0) is 22.8. The topological polar surface area (TPSA) is 66.5 Å². The Morgan fingerprint density at radius 1 is 0.839 bits per heavy atom. The van der Waals surface area contributed by atoms with E-state index in [2.05, 4.69) is 5.32 Å². The van der Waals surface area contributed by atoms with Crippen molar-refractivity contribution in [2.45, 2.75) is 39.0 Å². The summed E-state index contributed by atoms with van der Waals surface area (Å²) in [6.07, 6.45) is 0.210. The minimum Gasteiger partial charge on any atom is -0.325 e. The van der Waals surface area contributed by atoms with Crippen LogP contribution in [0.1, 0.15) is 27.8 Å². The maximum atomic E-state index is 12.9. The molecule has 0 aromatic heterocycles. The first-order valence-electron chi connectivity index (χ1n) is 10.1. The first-order chi connectivity index (χ1) is 14.6. The second-order valence-electron chi connectivity index (χ2n) is 7.95. The first-order valence-corrected chi connectivity index (χ1v) is 11.5. The lowest BCUT2D eigenvalue weighted by Crippen LogP contribution is -2.26. The van der Waals surface area contributed by atoms with Gasteiger partial charge in [-0.05, 0) is 68.7 Å². The zero-order valence-electron chi connectivity index (χ0n) is 18.6. The fourth-order valence-electron chi connectivity index (χ4n) is 3.58. The Morgan fingerprint density at radius 2 is 1.39 bits per heavy atom. The van der Waals surface area contributed by atoms with Crippen LogP contribution in [0.3, 0.4) is 0 Å². The van der Waals surface area contributed by atoms with Crippen molar-refractivity contribution < 1.29 is 13.2 Å². The van der Waals surface area contributed by atoms with E-state index in [1.54, 1.807) is 48.5 Å². The van der Waals surface area contributed by atoms with E-state index in [1.165, 1.54) is 11.4 Å². The number of hydrogen-bond donors (Lipinski definition) is 1. The van der Waals surface area contributed by atoms with Crippen LogP contribution in [0.5, 0.6) is 0 Å². The summed E-state index contributed by atoms with van der Waals surface area (Å²) in [7, 11) is -2.12. The van der Waals surface area contributed by atoms with Crippen LogP contribution in [0.25, 0.3) is 0 Å². The lowest BCUT2D eigenvalue weighted by molar-refractivity contribution is -0.115. The molecular formula is C25H28N2O3S. The van der Waals surface area contributed by atoms with Crippen LogP contribution in [-0.4, -0.2) is 21.4 Å². The van der Waals surface area contributed by atoms with Crippen LogP contribution in [0.4, 0.5) is 11.4 Å². The van der Waals surface area contributed by atoms with Gasteiger partial charge in [0.1, 0.15) is 0 Å². The number of carbonyl (C=O) groups is 1. The Hall–Kier alpha value is -3.12. The standard InChI is InChI=1S/C25H28N2O3S/c1-17-6-12-23(13-7-17)31(29,30)27(5)22-10-8-21(9-11-22)16-24(28)26-25-19(3)14-18(2)15-20(25)4/h6-15H,16H2,1-5H3,(H,26,28). The molecule has 0 saturated carbocycles. The predicted octanol–water partition coefficient (Wildman–Crippen LogP) is 4.93. The van der Waals surface area contributed by atoms with E-state index in [1.807, 2.05) is 39.8 Å². The largest absolute Gasteiger partial charge is 0.325 e. The predicted molar refractivity (Wildman–Crippen MR) is 126 cm³/mol. The molecule has 0 bridgehead atoms. The molecule has 0 fully saturated rings. The van der Waals surface area contributed by atoms with Gasteiger partial charge in [-0.2, -0.15) is 0 Å². The molecule has 5 nitrogen and oxygen atoms in total. The Morgan fingerprint density at radius 3 is 1.94 bits per heavy atom. The third-order valence-corrected chi connectivity index (χ3v) is 7.09. The third-order valence-electron chi connectivity index (χ3n) is 5.29. The fraction of sp³-hybridized carbons (Fsp3) is 0.240. The van der Waals surface area contributed by atoms with Crippen molar-refractivity contribution in [3.8, 4) is 0 Å². The highest BCUT2D eigenvalue weighted by Gasteiger charge is 2.21. The summed E-state index contributed by atoms with van der Waals surface area (Å²) in [5, 5.41) is 3.00. The van der Waals surface area contributed by atoms with E-state index in [4.69, 9.17) is 0 Å². The average molecular weight is 437 g/mol. The van der Waals surface area contributed by atoms with Gasteiger partial charge in [0.25, 0.3) is 10.0 Å². The molecule has 3 rings (SSSR count). The molecular weight excluding hydrogens is 408 g/mol. The number of benzene rings is 3. The van der Waals surface area contributed by atoms with Crippen molar-refractivity contribution in [3.05, 3.63) is 88.5 Å². The number of amides is 1. The van der Waals surface area contributed by atoms with Crippen LogP contribution in [-0.2, 0) is 21.2 Å². The van der Waals surface area contributed by atoms with Crippen LogP contribution >= 0.6 is 0 Å². The minimum atomic E-state index is -3.64. The molecule has 0 aliphatic heterocycles. The summed E-state index contributed by atoms with van der Waals surface area (Å²) in [6, 6.07) is 17.9. The molecule has 31 heavy (non-hydrogen) atoms. The number of aryl methyl sites for hydroxylation is 4. The molecule has 0 atom stereocenters. The maximum Gasteiger partial charge on any atom is 0.264 e. The molecule has 0 aliphatic carbocycles. The van der Waals surface area contributed by atoms with Crippen LogP contribution < -0.4 is 9.62 Å². The summed E-state index contributed by atoms with van der Waals surface area (Å²) < 4.78 is 27.0. The SMILES string of the molecule is Cc1ccc(S(=O)(=O)N(C)c2ccc(CC(=O)Nc3c(C)cc(C)cc3C)cc2)cc1. The number of nitrogens with one attached hydrogen (secondary N) is 1. The van der Waals surface area contributed by atoms with E-state index >= 15 is 0 Å². The smallest absolute Gasteiger partial charge is 0.264 e. The van der Waals surface area contributed by atoms with Gasteiger partial charge in [-0.25, -0.2) is 8.42 Å². The normalized spacial score (nSPS) is 11.3. The van der Waals surface area contributed by atoms with E-state index in [9.17, 15) is 13.2 Å². The van der Waals surface area contributed by atoms with Gasteiger partial charge in [-0.1, -0.05) is 47.5 Å². The Bertz CT molecular complexity index is 1180. The highest BCUT2D eigenvalue weighted by atomic mass is 32.2. The van der Waals surface area contributed by atoms with Gasteiger partial charge in [-0.3, -0.25) is 9.10 Å². The molecule has 0 saturated heterocycles. The summed E-state index contributed by atoms with van der Waals surface area (Å²) >= 11 is 0. The van der Waals surface area contributed by atoms with Gasteiger partial charge in [0.05, 0.1) is 17.0 Å². The lowest BCUT2D eigenvalue weighted by atomic mass is 10.0. The van der Waals surface area contributed by atoms with Gasteiger partial charge in [0.2, 0.25) is 5.91 Å². The molecule has 1 amide bonds. The highest BCUT2D eigenvalue weighted by molar-refractivity contribution is 7.92. The number of nitrogens with zero attached hydrogens (tertiary/aromatic N) is 1. The molecule has 0 unspecified atom stereocenters. The van der Waals surface area contributed by atoms with Crippen molar-refractivity contribution in [2.75, 3.05) is 16.7 Å². The molecule has 0 radical (unpaired) electrons. The summed E-state index contributed by atoms with van der Waals surface area (Å²) in [5.41, 5.74) is 6.41. The fourth-order valence-corrected chi connectivity index (χ4v) is 4.77. The maximum absolute atomic E-state index is 12.9. The van der Waals surface area contributed by atoms with Crippen molar-refractivity contribution in [1.29, 1.82) is 0 Å². The number of sulfonamides is 1. The highest BCUT2D eigenvalue weighted by Crippen LogP contribution is 2.24. The average Bonchev–Trinajstić information content (AvgIpc) is 2.71. The molecule has 1 N–H and O–H groups in total. The second-order valence-corrected chi connectivity index (χ2v) is 9.92. The lowest BCUT2D eigenvalue weighted by Gasteiger charge is -2.20. The molecule has 3 aromatic rings. The van der Waals surface area contributed by atoms with Gasteiger partial charge >= 0.3 is 0 Å². The summed E-state index contributed by atoms with van der Waals surface area (Å²) in [4.78, 5) is 12.8. The Kier molecular flexibility index (Phi) is 6.51. The van der Waals surface area contributed by atoms with Gasteiger partial charge < -0.3 is 5.32 Å². The molecule has 0 heterocycles. The molecule has 0 spiro atoms. The number of anilines is 2. The zero-order valence-corrected chi connectivity index (χ0v) is 19.4. The third kappa shape index (κ3) is 5.14. The molecule has 0 aliphatic rings. The molecule has 3 aromatic carbocycles. The quantitative estimate of drug-likeness (QED) is 0.596. The summed E-state index contributed by atoms with van der Waals surface area (Å²) in [5.74, 6) is -0.108. The first kappa shape index (κ1) is 22.6. The van der Waals surface area contributed by atoms with Crippen molar-refractivity contribution in [1.82, 2.24) is 0 Å².